The van der Waals surface area contributed by atoms with Crippen LogP contribution in [0.2, 0.25) is 0 Å². The fourth-order valence-corrected chi connectivity index (χ4v) is 2.53. The smallest absolute Gasteiger partial charge is 0.329 e. The lowest BCUT2D eigenvalue weighted by Crippen LogP contribution is -2.50. The summed E-state index contributed by atoms with van der Waals surface area (Å²) < 4.78 is 13.9. The molecule has 0 unspecified atom stereocenters. The quantitative estimate of drug-likeness (QED) is 0.565. The van der Waals surface area contributed by atoms with Crippen molar-refractivity contribution in [2.45, 2.75) is 26.3 Å². The van der Waals surface area contributed by atoms with E-state index in [1.165, 1.54) is 0 Å². The van der Waals surface area contributed by atoms with Gasteiger partial charge in [0.2, 0.25) is 0 Å². The highest BCUT2D eigenvalue weighted by atomic mass is 16.5. The number of rotatable bonds is 7. The van der Waals surface area contributed by atoms with Crippen LogP contribution in [0.4, 0.5) is 0 Å². The Morgan fingerprint density at radius 3 is 1.88 bits per heavy atom. The number of carbonyl (C=O) groups is 4. The maximum atomic E-state index is 12.6. The molecule has 0 saturated carbocycles. The van der Waals surface area contributed by atoms with Gasteiger partial charge in [-0.2, -0.15) is 0 Å². The minimum absolute atomic E-state index is 0.318. The van der Waals surface area contributed by atoms with Crippen molar-refractivity contribution < 1.29 is 33.4 Å². The van der Waals surface area contributed by atoms with Gasteiger partial charge in [0.15, 0.2) is 0 Å². The second-order valence-electron chi connectivity index (χ2n) is 5.76. The maximum Gasteiger partial charge on any atom is 0.329 e. The molecule has 0 saturated heterocycles. The molecule has 0 aromatic heterocycles. The van der Waals surface area contributed by atoms with E-state index in [4.69, 9.17) is 0 Å². The number of ether oxygens (including phenoxy) is 3. The SMILES string of the molecule is COC(=O)C[C@H](C(=O)OC)[C@H](NC(=O)c1cc(C)cc(C)c1)C(=O)OC. The van der Waals surface area contributed by atoms with Crippen LogP contribution in [0.25, 0.3) is 0 Å². The number of amides is 1. The topological polar surface area (TPSA) is 108 Å². The van der Waals surface area contributed by atoms with Crippen molar-refractivity contribution >= 4 is 23.8 Å². The molecule has 2 atom stereocenters. The number of hydrogen-bond donors (Lipinski definition) is 1. The van der Waals surface area contributed by atoms with E-state index in [0.29, 0.717) is 5.56 Å². The van der Waals surface area contributed by atoms with Crippen LogP contribution in [0.3, 0.4) is 0 Å². The number of aryl methyl sites for hydroxylation is 2. The van der Waals surface area contributed by atoms with Gasteiger partial charge in [0.25, 0.3) is 5.91 Å². The standard InChI is InChI=1S/C18H23NO7/c1-10-6-11(2)8-12(7-10)16(21)19-15(18(23)26-5)13(17(22)25-4)9-14(20)24-3/h6-8,13,15H,9H2,1-5H3,(H,19,21)/t13-,15-/m0/s1. The summed E-state index contributed by atoms with van der Waals surface area (Å²) in [6.07, 6.45) is -0.448. The minimum atomic E-state index is -1.40. The van der Waals surface area contributed by atoms with Gasteiger partial charge in [-0.3, -0.25) is 14.4 Å². The molecule has 8 nitrogen and oxygen atoms in total. The number of nitrogens with one attached hydrogen (secondary N) is 1. The molecule has 0 radical (unpaired) electrons. The van der Waals surface area contributed by atoms with Crippen LogP contribution in [-0.2, 0) is 28.6 Å². The molecule has 1 amide bonds. The lowest BCUT2D eigenvalue weighted by atomic mass is 9.95. The van der Waals surface area contributed by atoms with Crippen LogP contribution in [-0.4, -0.2) is 51.2 Å². The third-order valence-corrected chi connectivity index (χ3v) is 3.75. The summed E-state index contributed by atoms with van der Waals surface area (Å²) in [5, 5.41) is 2.46. The number of hydrogen-bond acceptors (Lipinski definition) is 7. The summed E-state index contributed by atoms with van der Waals surface area (Å²) in [7, 11) is 3.38. The highest BCUT2D eigenvalue weighted by Crippen LogP contribution is 2.16. The molecule has 0 aliphatic rings. The number of benzene rings is 1. The van der Waals surface area contributed by atoms with E-state index in [9.17, 15) is 19.2 Å². The lowest BCUT2D eigenvalue weighted by molar-refractivity contribution is -0.158. The lowest BCUT2D eigenvalue weighted by Gasteiger charge is -2.23. The van der Waals surface area contributed by atoms with Crippen LogP contribution in [0.15, 0.2) is 18.2 Å². The van der Waals surface area contributed by atoms with E-state index < -0.39 is 42.2 Å². The summed E-state index contributed by atoms with van der Waals surface area (Å²) in [5.74, 6) is -4.30. The zero-order valence-electron chi connectivity index (χ0n) is 15.5. The molecule has 8 heteroatoms. The van der Waals surface area contributed by atoms with Gasteiger partial charge in [0.1, 0.15) is 6.04 Å². The Morgan fingerprint density at radius 2 is 1.42 bits per heavy atom. The Bertz CT molecular complexity index is 679. The maximum absolute atomic E-state index is 12.6. The average molecular weight is 365 g/mol. The van der Waals surface area contributed by atoms with Crippen LogP contribution in [0.1, 0.15) is 27.9 Å². The van der Waals surface area contributed by atoms with Crippen molar-refractivity contribution in [2.24, 2.45) is 5.92 Å². The largest absolute Gasteiger partial charge is 0.469 e. The molecule has 1 aromatic rings. The van der Waals surface area contributed by atoms with E-state index in [0.717, 1.165) is 32.5 Å². The van der Waals surface area contributed by atoms with Crippen molar-refractivity contribution in [3.8, 4) is 0 Å². The fraction of sp³-hybridized carbons (Fsp3) is 0.444. The second kappa shape index (κ2) is 9.55. The zero-order chi connectivity index (χ0) is 19.9. The summed E-state index contributed by atoms with van der Waals surface area (Å²) >= 11 is 0. The molecule has 1 N–H and O–H groups in total. The average Bonchev–Trinajstić information content (AvgIpc) is 2.61. The van der Waals surface area contributed by atoms with Crippen LogP contribution in [0.5, 0.6) is 0 Å². The van der Waals surface area contributed by atoms with Crippen LogP contribution in [0, 0.1) is 19.8 Å². The van der Waals surface area contributed by atoms with Crippen molar-refractivity contribution in [1.82, 2.24) is 5.32 Å². The van der Waals surface area contributed by atoms with Gasteiger partial charge in [-0.1, -0.05) is 17.2 Å². The third kappa shape index (κ3) is 5.58. The van der Waals surface area contributed by atoms with E-state index in [-0.39, 0.29) is 0 Å². The van der Waals surface area contributed by atoms with E-state index in [1.54, 1.807) is 12.1 Å². The van der Waals surface area contributed by atoms with Gasteiger partial charge in [-0.05, 0) is 26.0 Å². The number of carbonyl (C=O) groups excluding carboxylic acids is 4. The fourth-order valence-electron chi connectivity index (χ4n) is 2.53. The third-order valence-electron chi connectivity index (χ3n) is 3.75. The highest BCUT2D eigenvalue weighted by Gasteiger charge is 2.38. The molecule has 0 aliphatic carbocycles. The number of esters is 3. The summed E-state index contributed by atoms with van der Waals surface area (Å²) in [6, 6.07) is 3.78. The normalized spacial score (nSPS) is 12.5. The Balaban J connectivity index is 3.17. The van der Waals surface area contributed by atoms with Gasteiger partial charge in [0.05, 0.1) is 33.7 Å². The first-order valence-corrected chi connectivity index (χ1v) is 7.85. The molecule has 26 heavy (non-hydrogen) atoms. The molecule has 1 aromatic carbocycles. The molecule has 1 rings (SSSR count). The van der Waals surface area contributed by atoms with E-state index in [1.807, 2.05) is 19.9 Å². The molecule has 0 aliphatic heterocycles. The Labute approximate surface area is 151 Å². The van der Waals surface area contributed by atoms with Crippen LogP contribution >= 0.6 is 0 Å². The molecule has 0 fully saturated rings. The van der Waals surface area contributed by atoms with Crippen molar-refractivity contribution in [1.29, 1.82) is 0 Å². The van der Waals surface area contributed by atoms with Gasteiger partial charge in [-0.15, -0.1) is 0 Å². The molecular formula is C18H23NO7. The second-order valence-corrected chi connectivity index (χ2v) is 5.76. The van der Waals surface area contributed by atoms with Gasteiger partial charge in [-0.25, -0.2) is 4.79 Å². The van der Waals surface area contributed by atoms with Gasteiger partial charge >= 0.3 is 17.9 Å². The van der Waals surface area contributed by atoms with Gasteiger partial charge in [0, 0.05) is 5.56 Å². The first-order valence-electron chi connectivity index (χ1n) is 7.85. The van der Waals surface area contributed by atoms with Crippen molar-refractivity contribution in [3.63, 3.8) is 0 Å². The summed E-state index contributed by atoms with van der Waals surface area (Å²) in [5.41, 5.74) is 2.05. The van der Waals surface area contributed by atoms with E-state index >= 15 is 0 Å². The minimum Gasteiger partial charge on any atom is -0.469 e. The van der Waals surface area contributed by atoms with Gasteiger partial charge < -0.3 is 19.5 Å². The molecule has 0 bridgehead atoms. The predicted molar refractivity (Wildman–Crippen MR) is 91.3 cm³/mol. The molecular weight excluding hydrogens is 342 g/mol. The Morgan fingerprint density at radius 1 is 0.885 bits per heavy atom. The number of methoxy groups -OCH3 is 3. The van der Waals surface area contributed by atoms with E-state index in [2.05, 4.69) is 19.5 Å². The predicted octanol–water partition coefficient (Wildman–Crippen LogP) is 0.927. The molecule has 0 spiro atoms. The zero-order valence-corrected chi connectivity index (χ0v) is 15.5. The first kappa shape index (κ1) is 21.1. The summed E-state index contributed by atoms with van der Waals surface area (Å²) in [4.78, 5) is 48.4. The van der Waals surface area contributed by atoms with Crippen molar-refractivity contribution in [3.05, 3.63) is 34.9 Å². The Kier molecular flexibility index (Phi) is 7.77. The van der Waals surface area contributed by atoms with Crippen LogP contribution < -0.4 is 5.32 Å². The monoisotopic (exact) mass is 365 g/mol. The molecule has 142 valence electrons. The van der Waals surface area contributed by atoms with Crippen molar-refractivity contribution in [2.75, 3.05) is 21.3 Å². The Hall–Kier alpha value is -2.90. The molecule has 0 heterocycles. The highest BCUT2D eigenvalue weighted by molar-refractivity contribution is 5.98. The summed E-state index contributed by atoms with van der Waals surface area (Å²) in [6.45, 7) is 3.66. The first-order chi connectivity index (χ1) is 12.2.